The van der Waals surface area contributed by atoms with E-state index in [9.17, 15) is 19.4 Å². The molecule has 174 valence electrons. The first kappa shape index (κ1) is 23.4. The average Bonchev–Trinajstić information content (AvgIpc) is 3.30. The fraction of sp³-hybridized carbons (Fsp3) is 0.100. The van der Waals surface area contributed by atoms with E-state index in [1.54, 1.807) is 24.3 Å². The van der Waals surface area contributed by atoms with Gasteiger partial charge in [-0.2, -0.15) is 0 Å². The Labute approximate surface area is 200 Å². The zero-order valence-corrected chi connectivity index (χ0v) is 18.9. The maximum absolute atomic E-state index is 13.4. The average molecular weight is 531 g/mol. The second-order valence-electron chi connectivity index (χ2n) is 6.91. The molecule has 4 rings (SSSR count). The van der Waals surface area contributed by atoms with Gasteiger partial charge in [0.25, 0.3) is 5.91 Å². The van der Waals surface area contributed by atoms with Gasteiger partial charge in [-0.1, -0.05) is 12.1 Å². The van der Waals surface area contributed by atoms with Crippen LogP contribution in [-0.4, -0.2) is 52.5 Å². The van der Waals surface area contributed by atoms with Crippen molar-refractivity contribution < 1.29 is 28.7 Å². The second kappa shape index (κ2) is 10.5. The van der Waals surface area contributed by atoms with Crippen LogP contribution in [0.5, 0.6) is 0 Å². The summed E-state index contributed by atoms with van der Waals surface area (Å²) in [6.45, 7) is 0.410. The zero-order valence-electron chi connectivity index (χ0n) is 17.3. The van der Waals surface area contributed by atoms with Crippen molar-refractivity contribution in [3.8, 4) is 0 Å². The van der Waals surface area contributed by atoms with Gasteiger partial charge in [-0.25, -0.2) is 14.0 Å². The van der Waals surface area contributed by atoms with E-state index in [0.29, 0.717) is 22.3 Å². The van der Waals surface area contributed by atoms with Crippen molar-refractivity contribution in [2.24, 2.45) is 4.99 Å². The van der Waals surface area contributed by atoms with Crippen molar-refractivity contribution >= 4 is 57.8 Å². The molecule has 0 unspecified atom stereocenters. The summed E-state index contributed by atoms with van der Waals surface area (Å²) < 4.78 is 23.4. The molecule has 34 heavy (non-hydrogen) atoms. The molecular weight excluding hydrogens is 514 g/mol. The molecule has 0 saturated carbocycles. The topological polar surface area (TPSA) is 154 Å². The summed E-state index contributed by atoms with van der Waals surface area (Å²) in [5.41, 5.74) is 3.70. The first-order valence-electron chi connectivity index (χ1n) is 9.89. The molecule has 0 atom stereocenters. The van der Waals surface area contributed by atoms with E-state index >= 15 is 0 Å². The van der Waals surface area contributed by atoms with Gasteiger partial charge >= 0.3 is 7.12 Å². The number of rotatable bonds is 7. The lowest BCUT2D eigenvalue weighted by molar-refractivity contribution is 0.0955. The van der Waals surface area contributed by atoms with E-state index in [-0.39, 0.29) is 34.9 Å². The van der Waals surface area contributed by atoms with Crippen molar-refractivity contribution in [2.45, 2.75) is 0 Å². The first-order valence-corrected chi connectivity index (χ1v) is 10.7. The molecule has 1 amide bonds. The van der Waals surface area contributed by atoms with Gasteiger partial charge in [0.05, 0.1) is 16.4 Å². The molecule has 5 N–H and O–H groups in total. The molecule has 0 fully saturated rings. The summed E-state index contributed by atoms with van der Waals surface area (Å²) in [5.74, 6) is -0.790. The van der Waals surface area contributed by atoms with Crippen LogP contribution in [0.3, 0.4) is 0 Å². The molecule has 0 bridgehead atoms. The number of amides is 1. The van der Waals surface area contributed by atoms with Gasteiger partial charge in [-0.05, 0) is 62.1 Å². The number of carbonyl (C=O) groups excluding carboxylic acids is 1. The van der Waals surface area contributed by atoms with Gasteiger partial charge in [0.2, 0.25) is 5.82 Å². The third-order valence-electron chi connectivity index (χ3n) is 4.75. The molecule has 2 aromatic carbocycles. The Morgan fingerprint density at radius 1 is 1.24 bits per heavy atom. The summed E-state index contributed by atoms with van der Waals surface area (Å²) >= 11 is 3.07. The zero-order chi connectivity index (χ0) is 24.1. The second-order valence-corrected chi connectivity index (χ2v) is 7.77. The van der Waals surface area contributed by atoms with Crippen LogP contribution in [0.15, 0.2) is 56.8 Å². The van der Waals surface area contributed by atoms with Crippen molar-refractivity contribution in [3.05, 3.63) is 69.8 Å². The van der Waals surface area contributed by atoms with E-state index in [2.05, 4.69) is 41.9 Å². The van der Waals surface area contributed by atoms with Crippen molar-refractivity contribution in [1.82, 2.24) is 21.1 Å². The lowest BCUT2D eigenvalue weighted by Gasteiger charge is -2.17. The Kier molecular flexibility index (Phi) is 7.20. The number of aromatic nitrogens is 2. The van der Waals surface area contributed by atoms with Crippen LogP contribution >= 0.6 is 15.9 Å². The van der Waals surface area contributed by atoms with E-state index in [4.69, 9.17) is 9.28 Å². The predicted octanol–water partition coefficient (Wildman–Crippen LogP) is 1.56. The van der Waals surface area contributed by atoms with Crippen LogP contribution in [0.4, 0.5) is 15.9 Å². The van der Waals surface area contributed by atoms with E-state index in [1.165, 1.54) is 24.5 Å². The lowest BCUT2D eigenvalue weighted by atomic mass is 9.72. The molecule has 1 aliphatic heterocycles. The van der Waals surface area contributed by atoms with Crippen molar-refractivity contribution in [3.63, 3.8) is 0 Å². The lowest BCUT2D eigenvalue weighted by Crippen LogP contribution is -2.42. The number of aliphatic imine (C=N–C) groups is 1. The molecule has 1 aromatic heterocycles. The third-order valence-corrected chi connectivity index (χ3v) is 5.36. The molecule has 0 radical (unpaired) electrons. The number of anilines is 1. The number of nitrogens with one attached hydrogen (secondary N) is 3. The van der Waals surface area contributed by atoms with Gasteiger partial charge in [0.1, 0.15) is 5.82 Å². The summed E-state index contributed by atoms with van der Waals surface area (Å²) in [4.78, 5) is 16.8. The Morgan fingerprint density at radius 2 is 2.09 bits per heavy atom. The van der Waals surface area contributed by atoms with Crippen LogP contribution in [0.25, 0.3) is 6.08 Å². The number of hydroxylamine groups is 1. The fourth-order valence-electron chi connectivity index (χ4n) is 3.18. The molecule has 3 aromatic rings. The number of nitrogens with zero attached hydrogens (tertiary/aromatic N) is 3. The van der Waals surface area contributed by atoms with Crippen LogP contribution in [0, 0.1) is 5.82 Å². The minimum Gasteiger partial charge on any atom is -0.538 e. The van der Waals surface area contributed by atoms with E-state index in [0.717, 1.165) is 0 Å². The molecule has 14 heteroatoms. The highest BCUT2D eigenvalue weighted by Gasteiger charge is 2.29. The number of hydrogen-bond donors (Lipinski definition) is 5. The van der Waals surface area contributed by atoms with Crippen LogP contribution in [0.2, 0.25) is 0 Å². The minimum atomic E-state index is -1.23. The molecule has 0 aliphatic carbocycles. The van der Waals surface area contributed by atoms with Gasteiger partial charge < -0.3 is 20.3 Å². The maximum atomic E-state index is 13.4. The van der Waals surface area contributed by atoms with Crippen molar-refractivity contribution in [1.29, 1.82) is 0 Å². The number of halogens is 2. The van der Waals surface area contributed by atoms with Crippen LogP contribution in [0.1, 0.15) is 21.6 Å². The fourth-order valence-corrected chi connectivity index (χ4v) is 3.55. The van der Waals surface area contributed by atoms with E-state index < -0.39 is 18.8 Å². The maximum Gasteiger partial charge on any atom is 0.561 e. The monoisotopic (exact) mass is 530 g/mol. The molecule has 0 spiro atoms. The standard InChI is InChI=1S/C20H17BBrFN6O5/c22-14-10-12(4-5-15(14)23)26-19(27-32)17-18(29-34-28-17)24-7-8-25-20(30)13-3-1-2-11-6-9-33-21(31)16(11)13/h1-6,9-10,31-32H,7-8H2,(H,24,29)(H,25,30)(H,26,27). The smallest absolute Gasteiger partial charge is 0.538 e. The normalized spacial score (nSPS) is 12.7. The molecule has 2 heterocycles. The van der Waals surface area contributed by atoms with Gasteiger partial charge in [0.15, 0.2) is 11.5 Å². The summed E-state index contributed by atoms with van der Waals surface area (Å²) in [7, 11) is -1.23. The number of amidine groups is 1. The van der Waals surface area contributed by atoms with Gasteiger partial charge in [0, 0.05) is 24.1 Å². The largest absolute Gasteiger partial charge is 0.561 e. The highest BCUT2D eigenvalue weighted by Crippen LogP contribution is 2.23. The highest BCUT2D eigenvalue weighted by atomic mass is 79.9. The predicted molar refractivity (Wildman–Crippen MR) is 125 cm³/mol. The summed E-state index contributed by atoms with van der Waals surface area (Å²) in [6.07, 6.45) is 3.04. The first-order chi connectivity index (χ1) is 16.5. The van der Waals surface area contributed by atoms with Crippen molar-refractivity contribution in [2.75, 3.05) is 18.4 Å². The number of benzene rings is 2. The van der Waals surface area contributed by atoms with Crippen LogP contribution < -0.4 is 21.6 Å². The third kappa shape index (κ3) is 5.08. The Balaban J connectivity index is 1.39. The van der Waals surface area contributed by atoms with Gasteiger partial charge in [-0.15, -0.1) is 0 Å². The van der Waals surface area contributed by atoms with Gasteiger partial charge in [-0.3, -0.25) is 15.5 Å². The number of hydrogen-bond acceptors (Lipinski definition) is 9. The Bertz CT molecular complexity index is 1270. The molecule has 0 saturated heterocycles. The number of fused-ring (bicyclic) bond motifs is 1. The summed E-state index contributed by atoms with van der Waals surface area (Å²) in [5, 5.41) is 32.7. The van der Waals surface area contributed by atoms with Crippen LogP contribution in [-0.2, 0) is 4.65 Å². The molecule has 1 aliphatic rings. The minimum absolute atomic E-state index is 0.0680. The highest BCUT2D eigenvalue weighted by molar-refractivity contribution is 9.10. The van der Waals surface area contributed by atoms with E-state index in [1.807, 2.05) is 5.48 Å². The summed E-state index contributed by atoms with van der Waals surface area (Å²) in [6, 6.07) is 9.12. The quantitative estimate of drug-likeness (QED) is 0.101. The molecule has 11 nitrogen and oxygen atoms in total. The Morgan fingerprint density at radius 3 is 2.88 bits per heavy atom. The Hall–Kier alpha value is -3.75. The number of carbonyl (C=O) groups is 1. The SMILES string of the molecule is O=C(NCCNc1nonc1C(=Nc1ccc(F)c(Br)c1)NO)c1cccc2c1B(O)OC=C2. The molecular formula is C20H17BBrFN6O5.